The van der Waals surface area contributed by atoms with Gasteiger partial charge in [0.15, 0.2) is 0 Å². The van der Waals surface area contributed by atoms with Crippen LogP contribution in [-0.4, -0.2) is 28.5 Å². The third-order valence-corrected chi connectivity index (χ3v) is 1.44. The van der Waals surface area contributed by atoms with Crippen LogP contribution in [0, 0.1) is 0 Å². The van der Waals surface area contributed by atoms with Crippen LogP contribution in [0.5, 0.6) is 0 Å². The SMILES string of the molecule is O=C(O)NC1CC(O)C1. The quantitative estimate of drug-likeness (QED) is 0.460. The summed E-state index contributed by atoms with van der Waals surface area (Å²) < 4.78 is 0. The van der Waals surface area contributed by atoms with Crippen molar-refractivity contribution >= 4 is 6.09 Å². The van der Waals surface area contributed by atoms with Gasteiger partial charge in [-0.25, -0.2) is 4.79 Å². The number of carbonyl (C=O) groups is 1. The number of rotatable bonds is 1. The lowest BCUT2D eigenvalue weighted by molar-refractivity contribution is 0.0624. The number of aliphatic hydroxyl groups is 1. The van der Waals surface area contributed by atoms with E-state index in [1.807, 2.05) is 0 Å². The molecule has 3 N–H and O–H groups in total. The lowest BCUT2D eigenvalue weighted by Gasteiger charge is -2.30. The summed E-state index contributed by atoms with van der Waals surface area (Å²) in [5.41, 5.74) is 0. The van der Waals surface area contributed by atoms with Crippen LogP contribution in [0.2, 0.25) is 0 Å². The summed E-state index contributed by atoms with van der Waals surface area (Å²) in [6, 6.07) is -0.0162. The van der Waals surface area contributed by atoms with Gasteiger partial charge < -0.3 is 15.5 Å². The number of aliphatic hydroxyl groups excluding tert-OH is 1. The van der Waals surface area contributed by atoms with Crippen LogP contribution in [0.4, 0.5) is 4.79 Å². The highest BCUT2D eigenvalue weighted by molar-refractivity contribution is 5.65. The Morgan fingerprint density at radius 3 is 2.44 bits per heavy atom. The third kappa shape index (κ3) is 1.57. The molecule has 0 aromatic rings. The summed E-state index contributed by atoms with van der Waals surface area (Å²) in [5.74, 6) is 0. The molecule has 0 atom stereocenters. The summed E-state index contributed by atoms with van der Waals surface area (Å²) in [6.07, 6.45) is -0.174. The lowest BCUT2D eigenvalue weighted by atomic mass is 9.90. The van der Waals surface area contributed by atoms with Crippen LogP contribution in [-0.2, 0) is 0 Å². The minimum absolute atomic E-state index is 0.0162. The van der Waals surface area contributed by atoms with E-state index in [-0.39, 0.29) is 12.1 Å². The Morgan fingerprint density at radius 2 is 2.11 bits per heavy atom. The molecular weight excluding hydrogens is 122 g/mol. The first kappa shape index (κ1) is 6.35. The van der Waals surface area contributed by atoms with E-state index in [1.54, 1.807) is 0 Å². The second-order valence-electron chi connectivity index (χ2n) is 2.27. The molecule has 0 radical (unpaired) electrons. The molecule has 1 amide bonds. The molecule has 0 heterocycles. The number of amides is 1. The molecule has 0 aromatic heterocycles. The molecule has 1 aliphatic rings. The van der Waals surface area contributed by atoms with Gasteiger partial charge in [0, 0.05) is 6.04 Å². The van der Waals surface area contributed by atoms with Crippen LogP contribution in [0.15, 0.2) is 0 Å². The topological polar surface area (TPSA) is 69.6 Å². The second-order valence-corrected chi connectivity index (χ2v) is 2.27. The van der Waals surface area contributed by atoms with Gasteiger partial charge in [-0.1, -0.05) is 0 Å². The summed E-state index contributed by atoms with van der Waals surface area (Å²) in [4.78, 5) is 9.92. The average Bonchev–Trinajstić information content (AvgIpc) is 1.60. The number of hydrogen-bond acceptors (Lipinski definition) is 2. The molecule has 4 heteroatoms. The van der Waals surface area contributed by atoms with Gasteiger partial charge in [-0.3, -0.25) is 0 Å². The van der Waals surface area contributed by atoms with E-state index in [2.05, 4.69) is 5.32 Å². The molecule has 52 valence electrons. The first-order chi connectivity index (χ1) is 4.18. The number of nitrogens with one attached hydrogen (secondary N) is 1. The molecule has 4 nitrogen and oxygen atoms in total. The highest BCUT2D eigenvalue weighted by atomic mass is 16.4. The first-order valence-electron chi connectivity index (χ1n) is 2.86. The Kier molecular flexibility index (Phi) is 1.57. The molecule has 0 unspecified atom stereocenters. The fourth-order valence-corrected chi connectivity index (χ4v) is 0.880. The standard InChI is InChI=1S/C5H9NO3/c7-4-1-3(2-4)6-5(8)9/h3-4,6-7H,1-2H2,(H,8,9). The fourth-order valence-electron chi connectivity index (χ4n) is 0.880. The predicted octanol–water partition coefficient (Wildman–Crippen LogP) is -0.223. The fraction of sp³-hybridized carbons (Fsp3) is 0.800. The van der Waals surface area contributed by atoms with Gasteiger partial charge >= 0.3 is 6.09 Å². The van der Waals surface area contributed by atoms with Crippen LogP contribution in [0.25, 0.3) is 0 Å². The minimum atomic E-state index is -1.01. The van der Waals surface area contributed by atoms with Crippen LogP contribution in [0.3, 0.4) is 0 Å². The Balaban J connectivity index is 2.11. The third-order valence-electron chi connectivity index (χ3n) is 1.44. The normalized spacial score (nSPS) is 33.0. The van der Waals surface area contributed by atoms with E-state index in [4.69, 9.17) is 10.2 Å². The van der Waals surface area contributed by atoms with Gasteiger partial charge in [-0.05, 0) is 12.8 Å². The second kappa shape index (κ2) is 2.23. The number of carboxylic acid groups (broad SMARTS) is 1. The maximum atomic E-state index is 9.92. The zero-order valence-electron chi connectivity index (χ0n) is 4.87. The Hall–Kier alpha value is -0.770. The summed E-state index contributed by atoms with van der Waals surface area (Å²) in [6.45, 7) is 0. The molecule has 0 spiro atoms. The Bertz CT molecular complexity index is 119. The Labute approximate surface area is 52.5 Å². The molecule has 0 aliphatic heterocycles. The van der Waals surface area contributed by atoms with Crippen LogP contribution in [0.1, 0.15) is 12.8 Å². The molecule has 9 heavy (non-hydrogen) atoms. The smallest absolute Gasteiger partial charge is 0.404 e. The maximum Gasteiger partial charge on any atom is 0.404 e. The predicted molar refractivity (Wildman–Crippen MR) is 30.2 cm³/mol. The molecule has 0 bridgehead atoms. The maximum absolute atomic E-state index is 9.92. The van der Waals surface area contributed by atoms with Gasteiger partial charge in [0.25, 0.3) is 0 Å². The molecule has 0 aromatic carbocycles. The largest absolute Gasteiger partial charge is 0.465 e. The highest BCUT2D eigenvalue weighted by Crippen LogP contribution is 2.18. The van der Waals surface area contributed by atoms with Crippen molar-refractivity contribution in [3.63, 3.8) is 0 Å². The van der Waals surface area contributed by atoms with Gasteiger partial charge in [-0.15, -0.1) is 0 Å². The van der Waals surface area contributed by atoms with E-state index < -0.39 is 6.09 Å². The van der Waals surface area contributed by atoms with Crippen molar-refractivity contribution in [1.29, 1.82) is 0 Å². The van der Waals surface area contributed by atoms with Crippen molar-refractivity contribution in [2.45, 2.75) is 25.0 Å². The van der Waals surface area contributed by atoms with Crippen LogP contribution >= 0.6 is 0 Å². The van der Waals surface area contributed by atoms with Crippen LogP contribution < -0.4 is 5.32 Å². The molecule has 1 saturated carbocycles. The van der Waals surface area contributed by atoms with Gasteiger partial charge in [-0.2, -0.15) is 0 Å². The summed E-state index contributed by atoms with van der Waals surface area (Å²) >= 11 is 0. The molecule has 0 saturated heterocycles. The molecule has 1 fully saturated rings. The molecule has 1 aliphatic carbocycles. The zero-order chi connectivity index (χ0) is 6.85. The first-order valence-corrected chi connectivity index (χ1v) is 2.86. The van der Waals surface area contributed by atoms with Crippen molar-refractivity contribution < 1.29 is 15.0 Å². The van der Waals surface area contributed by atoms with Gasteiger partial charge in [0.05, 0.1) is 6.10 Å². The van der Waals surface area contributed by atoms with Gasteiger partial charge in [0.2, 0.25) is 0 Å². The van der Waals surface area contributed by atoms with E-state index in [0.717, 1.165) is 0 Å². The van der Waals surface area contributed by atoms with Crippen molar-refractivity contribution in [2.75, 3.05) is 0 Å². The van der Waals surface area contributed by atoms with Crippen molar-refractivity contribution in [3.05, 3.63) is 0 Å². The lowest BCUT2D eigenvalue weighted by Crippen LogP contribution is -2.46. The van der Waals surface area contributed by atoms with Crippen molar-refractivity contribution in [1.82, 2.24) is 5.32 Å². The average molecular weight is 131 g/mol. The number of hydrogen-bond donors (Lipinski definition) is 3. The summed E-state index contributed by atoms with van der Waals surface area (Å²) in [5, 5.41) is 19.1. The zero-order valence-corrected chi connectivity index (χ0v) is 4.87. The summed E-state index contributed by atoms with van der Waals surface area (Å²) in [7, 11) is 0. The van der Waals surface area contributed by atoms with E-state index in [0.29, 0.717) is 12.8 Å². The minimum Gasteiger partial charge on any atom is -0.465 e. The Morgan fingerprint density at radius 1 is 1.56 bits per heavy atom. The highest BCUT2D eigenvalue weighted by Gasteiger charge is 2.27. The van der Waals surface area contributed by atoms with Crippen molar-refractivity contribution in [2.24, 2.45) is 0 Å². The van der Waals surface area contributed by atoms with E-state index in [9.17, 15) is 4.79 Å². The van der Waals surface area contributed by atoms with E-state index >= 15 is 0 Å². The van der Waals surface area contributed by atoms with Gasteiger partial charge in [0.1, 0.15) is 0 Å². The monoisotopic (exact) mass is 131 g/mol. The molecular formula is C5H9NO3. The van der Waals surface area contributed by atoms with E-state index in [1.165, 1.54) is 0 Å². The molecule has 1 rings (SSSR count). The van der Waals surface area contributed by atoms with Crippen molar-refractivity contribution in [3.8, 4) is 0 Å².